The van der Waals surface area contributed by atoms with Gasteiger partial charge in [0.2, 0.25) is 0 Å². The number of aryl methyl sites for hydroxylation is 1. The fraction of sp³-hybridized carbons (Fsp3) is 0.375. The number of nitrogens with one attached hydrogen (secondary N) is 1. The molecule has 6 heteroatoms. The molecule has 0 spiro atoms. The van der Waals surface area contributed by atoms with Gasteiger partial charge >= 0.3 is 5.97 Å². The Morgan fingerprint density at radius 1 is 1.07 bits per heavy atom. The first-order valence-corrected chi connectivity index (χ1v) is 10.3. The molecule has 3 rings (SSSR count). The second-order valence-corrected chi connectivity index (χ2v) is 8.09. The van der Waals surface area contributed by atoms with E-state index in [1.54, 1.807) is 6.92 Å². The Morgan fingerprint density at radius 2 is 1.77 bits per heavy atom. The van der Waals surface area contributed by atoms with Crippen molar-refractivity contribution >= 4 is 28.3 Å². The van der Waals surface area contributed by atoms with Crippen molar-refractivity contribution in [2.45, 2.75) is 53.7 Å². The minimum atomic E-state index is -0.893. The molecular weight excluding hydrogens is 378 g/mol. The maximum Gasteiger partial charge on any atom is 0.311 e. The van der Waals surface area contributed by atoms with Crippen molar-refractivity contribution in [3.05, 3.63) is 59.4 Å². The zero-order chi connectivity index (χ0) is 21.8. The summed E-state index contributed by atoms with van der Waals surface area (Å²) >= 11 is 0. The fourth-order valence-corrected chi connectivity index (χ4v) is 3.46. The number of benzene rings is 2. The normalized spacial score (nSPS) is 12.2. The second kappa shape index (κ2) is 9.11. The topological polar surface area (TPSA) is 73.2 Å². The fourth-order valence-electron chi connectivity index (χ4n) is 3.46. The van der Waals surface area contributed by atoms with Crippen molar-refractivity contribution in [2.75, 3.05) is 5.32 Å². The van der Waals surface area contributed by atoms with Crippen LogP contribution in [0.3, 0.4) is 0 Å². The molecule has 2 aromatic carbocycles. The van der Waals surface area contributed by atoms with Gasteiger partial charge in [-0.25, -0.2) is 0 Å². The molecule has 0 fully saturated rings. The van der Waals surface area contributed by atoms with Gasteiger partial charge in [-0.05, 0) is 49.6 Å². The van der Waals surface area contributed by atoms with E-state index in [0.717, 1.165) is 34.3 Å². The lowest BCUT2D eigenvalue weighted by Crippen LogP contribution is -2.30. The van der Waals surface area contributed by atoms with Crippen LogP contribution in [0.5, 0.6) is 0 Å². The van der Waals surface area contributed by atoms with Gasteiger partial charge in [0.15, 0.2) is 6.10 Å². The minimum Gasteiger partial charge on any atom is -0.452 e. The second-order valence-electron chi connectivity index (χ2n) is 8.09. The number of anilines is 1. The van der Waals surface area contributed by atoms with E-state index in [9.17, 15) is 9.59 Å². The molecule has 0 aliphatic rings. The number of aromatic nitrogens is 2. The highest BCUT2D eigenvalue weighted by atomic mass is 16.5. The van der Waals surface area contributed by atoms with Gasteiger partial charge in [-0.1, -0.05) is 44.2 Å². The summed E-state index contributed by atoms with van der Waals surface area (Å²) in [5, 5.41) is 9.47. The molecule has 1 N–H and O–H groups in total. The van der Waals surface area contributed by atoms with Gasteiger partial charge in [-0.2, -0.15) is 5.10 Å². The lowest BCUT2D eigenvalue weighted by atomic mass is 10.1. The summed E-state index contributed by atoms with van der Waals surface area (Å²) in [4.78, 5) is 24.9. The van der Waals surface area contributed by atoms with Crippen molar-refractivity contribution < 1.29 is 14.3 Å². The molecule has 158 valence electrons. The Bertz CT molecular complexity index is 1070. The largest absolute Gasteiger partial charge is 0.452 e. The van der Waals surface area contributed by atoms with Crippen molar-refractivity contribution in [3.63, 3.8) is 0 Å². The minimum absolute atomic E-state index is 0.101. The summed E-state index contributed by atoms with van der Waals surface area (Å²) in [6.07, 6.45) is -0.793. The molecule has 1 aromatic heterocycles. The van der Waals surface area contributed by atoms with Crippen LogP contribution in [0, 0.1) is 19.8 Å². The molecule has 0 radical (unpaired) electrons. The zero-order valence-corrected chi connectivity index (χ0v) is 18.2. The van der Waals surface area contributed by atoms with Crippen molar-refractivity contribution in [1.29, 1.82) is 0 Å². The van der Waals surface area contributed by atoms with E-state index in [4.69, 9.17) is 4.74 Å². The maximum atomic E-state index is 12.5. The molecular formula is C24H29N3O3. The van der Waals surface area contributed by atoms with Crippen LogP contribution in [0.2, 0.25) is 0 Å². The third kappa shape index (κ3) is 5.06. The number of amides is 1. The molecule has 0 saturated heterocycles. The number of hydrogen-bond acceptors (Lipinski definition) is 4. The van der Waals surface area contributed by atoms with Gasteiger partial charge < -0.3 is 10.1 Å². The predicted octanol–water partition coefficient (Wildman–Crippen LogP) is 4.42. The first-order chi connectivity index (χ1) is 14.2. The molecule has 6 nitrogen and oxygen atoms in total. The number of ether oxygens (including phenoxy) is 1. The number of fused-ring (bicyclic) bond motifs is 1. The van der Waals surface area contributed by atoms with Gasteiger partial charge in [-0.15, -0.1) is 0 Å². The number of carbonyl (C=O) groups excluding carboxylic acids is 2. The highest BCUT2D eigenvalue weighted by molar-refractivity contribution is 5.97. The van der Waals surface area contributed by atoms with Crippen LogP contribution in [0.15, 0.2) is 42.5 Å². The van der Waals surface area contributed by atoms with Crippen molar-refractivity contribution in [1.82, 2.24) is 9.78 Å². The quantitative estimate of drug-likeness (QED) is 0.589. The molecule has 3 aromatic rings. The van der Waals surface area contributed by atoms with Crippen molar-refractivity contribution in [3.8, 4) is 0 Å². The van der Waals surface area contributed by atoms with Crippen LogP contribution in [-0.2, 0) is 27.3 Å². The number of rotatable bonds is 7. The van der Waals surface area contributed by atoms with Crippen LogP contribution in [-0.4, -0.2) is 27.8 Å². The van der Waals surface area contributed by atoms with E-state index in [2.05, 4.69) is 24.3 Å². The van der Waals surface area contributed by atoms with Gasteiger partial charge in [0.1, 0.15) is 0 Å². The first kappa shape index (κ1) is 21.6. The summed E-state index contributed by atoms with van der Waals surface area (Å²) in [7, 11) is 0. The van der Waals surface area contributed by atoms with E-state index in [1.165, 1.54) is 0 Å². The standard InChI is InChI=1S/C24H29N3O3/c1-15(2)14-27-17(4)22(16(3)26-27)13-23(28)30-18(5)24(29)25-21-11-10-19-8-6-7-9-20(19)12-21/h6-12,15,18H,13-14H2,1-5H3,(H,25,29). The van der Waals surface area contributed by atoms with Crippen LogP contribution >= 0.6 is 0 Å². The summed E-state index contributed by atoms with van der Waals surface area (Å²) < 4.78 is 7.32. The Balaban J connectivity index is 1.61. The summed E-state index contributed by atoms with van der Waals surface area (Å²) in [5.41, 5.74) is 3.32. The SMILES string of the molecule is Cc1nn(CC(C)C)c(C)c1CC(=O)OC(C)C(=O)Nc1ccc2ccccc2c1. The number of hydrogen-bond donors (Lipinski definition) is 1. The van der Waals surface area contributed by atoms with E-state index in [1.807, 2.05) is 61.0 Å². The summed E-state index contributed by atoms with van der Waals surface area (Å²) in [5.74, 6) is -0.337. The Kier molecular flexibility index (Phi) is 6.55. The average molecular weight is 408 g/mol. The van der Waals surface area contributed by atoms with Gasteiger partial charge in [0, 0.05) is 23.5 Å². The summed E-state index contributed by atoms with van der Waals surface area (Å²) in [6, 6.07) is 13.6. The third-order valence-electron chi connectivity index (χ3n) is 5.09. The van der Waals surface area contributed by atoms with Crippen LogP contribution in [0.25, 0.3) is 10.8 Å². The highest BCUT2D eigenvalue weighted by Crippen LogP contribution is 2.20. The smallest absolute Gasteiger partial charge is 0.311 e. The zero-order valence-electron chi connectivity index (χ0n) is 18.2. The molecule has 0 aliphatic heterocycles. The molecule has 30 heavy (non-hydrogen) atoms. The number of carbonyl (C=O) groups is 2. The van der Waals surface area contributed by atoms with Crippen LogP contribution in [0.4, 0.5) is 5.69 Å². The Labute approximate surface area is 177 Å². The lowest BCUT2D eigenvalue weighted by molar-refractivity contribution is -0.152. The Hall–Kier alpha value is -3.15. The molecule has 0 bridgehead atoms. The van der Waals surface area contributed by atoms with Gasteiger partial charge in [0.25, 0.3) is 5.91 Å². The highest BCUT2D eigenvalue weighted by Gasteiger charge is 2.21. The average Bonchev–Trinajstić information content (AvgIpc) is 2.94. The van der Waals surface area contributed by atoms with E-state index in [-0.39, 0.29) is 12.3 Å². The monoisotopic (exact) mass is 407 g/mol. The molecule has 0 saturated carbocycles. The number of nitrogens with zero attached hydrogens (tertiary/aromatic N) is 2. The molecule has 1 heterocycles. The predicted molar refractivity (Wildman–Crippen MR) is 118 cm³/mol. The Morgan fingerprint density at radius 3 is 2.47 bits per heavy atom. The first-order valence-electron chi connectivity index (χ1n) is 10.3. The number of esters is 1. The van der Waals surface area contributed by atoms with E-state index < -0.39 is 12.1 Å². The third-order valence-corrected chi connectivity index (χ3v) is 5.09. The molecule has 0 aliphatic carbocycles. The van der Waals surface area contributed by atoms with Gasteiger partial charge in [0.05, 0.1) is 12.1 Å². The molecule has 1 atom stereocenters. The van der Waals surface area contributed by atoms with Crippen LogP contribution < -0.4 is 5.32 Å². The van der Waals surface area contributed by atoms with Crippen molar-refractivity contribution in [2.24, 2.45) is 5.92 Å². The van der Waals surface area contributed by atoms with Gasteiger partial charge in [-0.3, -0.25) is 14.3 Å². The van der Waals surface area contributed by atoms with Crippen LogP contribution in [0.1, 0.15) is 37.7 Å². The van der Waals surface area contributed by atoms with E-state index in [0.29, 0.717) is 11.6 Å². The maximum absolute atomic E-state index is 12.5. The lowest BCUT2D eigenvalue weighted by Gasteiger charge is -2.14. The molecule has 1 unspecified atom stereocenters. The summed E-state index contributed by atoms with van der Waals surface area (Å²) in [6.45, 7) is 10.5. The van der Waals surface area contributed by atoms with E-state index >= 15 is 0 Å². The molecule has 1 amide bonds.